The van der Waals surface area contributed by atoms with Gasteiger partial charge in [-0.15, -0.1) is 0 Å². The van der Waals surface area contributed by atoms with E-state index in [1.807, 2.05) is 0 Å². The van der Waals surface area contributed by atoms with Crippen molar-refractivity contribution in [3.05, 3.63) is 34.3 Å². The fourth-order valence-electron chi connectivity index (χ4n) is 1.71. The molecule has 0 heterocycles. The summed E-state index contributed by atoms with van der Waals surface area (Å²) in [6, 6.07) is 2.97. The van der Waals surface area contributed by atoms with Gasteiger partial charge in [0, 0.05) is 24.5 Å². The zero-order chi connectivity index (χ0) is 18.6. The molecule has 5 nitrogen and oxygen atoms in total. The van der Waals surface area contributed by atoms with E-state index in [-0.39, 0.29) is 36.9 Å². The lowest BCUT2D eigenvalue weighted by molar-refractivity contribution is -0.137. The van der Waals surface area contributed by atoms with Gasteiger partial charge in [-0.1, -0.05) is 17.7 Å². The Morgan fingerprint density at radius 2 is 1.88 bits per heavy atom. The maximum Gasteiger partial charge on any atom is 0.416 e. The second kappa shape index (κ2) is 12.1. The molecule has 0 saturated carbocycles. The lowest BCUT2D eigenvalue weighted by atomic mass is 10.0. The summed E-state index contributed by atoms with van der Waals surface area (Å²) in [7, 11) is 0. The number of benzene rings is 1. The van der Waals surface area contributed by atoms with Crippen molar-refractivity contribution in [2.75, 3.05) is 19.8 Å². The quantitative estimate of drug-likeness (QED) is 0.692. The first-order chi connectivity index (χ1) is 11.3. The largest absolute Gasteiger partial charge is 0.416 e. The minimum atomic E-state index is -4.45. The molecule has 1 aromatic rings. The third-order valence-electron chi connectivity index (χ3n) is 2.75. The molecule has 0 spiro atoms. The van der Waals surface area contributed by atoms with Crippen LogP contribution < -0.4 is 0 Å². The van der Waals surface area contributed by atoms with Gasteiger partial charge in [-0.05, 0) is 24.1 Å². The van der Waals surface area contributed by atoms with E-state index in [1.54, 1.807) is 0 Å². The highest BCUT2D eigenvalue weighted by atomic mass is 35.5. The molecule has 0 bridgehead atoms. The second-order valence-corrected chi connectivity index (χ2v) is 5.07. The van der Waals surface area contributed by atoms with Crippen LogP contribution in [0.2, 0.25) is 5.02 Å². The van der Waals surface area contributed by atoms with Crippen molar-refractivity contribution in [2.45, 2.75) is 25.4 Å². The van der Waals surface area contributed by atoms with Crippen molar-refractivity contribution in [1.82, 2.24) is 0 Å². The lowest BCUT2D eigenvalue weighted by Gasteiger charge is -2.09. The summed E-state index contributed by atoms with van der Waals surface area (Å²) in [5.74, 6) is -0.121. The van der Waals surface area contributed by atoms with Gasteiger partial charge in [-0.2, -0.15) is 21.6 Å². The van der Waals surface area contributed by atoms with Crippen LogP contribution in [0.15, 0.2) is 18.2 Å². The molecule has 0 fully saturated rings. The number of rotatable bonds is 8. The van der Waals surface area contributed by atoms with Crippen LogP contribution in [-0.2, 0) is 33.7 Å². The summed E-state index contributed by atoms with van der Waals surface area (Å²) in [6.07, 6.45) is -3.70. The Morgan fingerprint density at radius 1 is 1.25 bits per heavy atom. The molecule has 0 unspecified atom stereocenters. The molecular weight excluding hydrogens is 373 g/mol. The molecule has 1 rings (SSSR count). The van der Waals surface area contributed by atoms with Crippen LogP contribution in [0.25, 0.3) is 0 Å². The highest BCUT2D eigenvalue weighted by Gasteiger charge is 2.30. The molecule has 1 aromatic carbocycles. The molecule has 0 atom stereocenters. The summed E-state index contributed by atoms with van der Waals surface area (Å²) in [5.41, 5.74) is -0.452. The van der Waals surface area contributed by atoms with Crippen LogP contribution in [0.3, 0.4) is 0 Å². The minimum Gasteiger partial charge on any atom is -0.394 e. The number of carbonyl (C=O) groups is 1. The van der Waals surface area contributed by atoms with E-state index in [2.05, 4.69) is 0 Å². The SMILES string of the molecule is O=C(CCCOCCO)Cc1ccc(C(F)(F)F)cc1Cl.O=S=O. The molecule has 1 N–H and O–H groups in total. The Bertz CT molecular complexity index is 560. The van der Waals surface area contributed by atoms with Crippen LogP contribution >= 0.6 is 11.6 Å². The third-order valence-corrected chi connectivity index (χ3v) is 3.10. The smallest absolute Gasteiger partial charge is 0.394 e. The Morgan fingerprint density at radius 3 is 2.38 bits per heavy atom. The average molecular weight is 389 g/mol. The maximum absolute atomic E-state index is 12.5. The Labute approximate surface area is 145 Å². The molecule has 0 aliphatic carbocycles. The van der Waals surface area contributed by atoms with Crippen LogP contribution in [0.5, 0.6) is 0 Å². The Kier molecular flexibility index (Phi) is 11.5. The number of ketones is 1. The van der Waals surface area contributed by atoms with Crippen molar-refractivity contribution in [2.24, 2.45) is 0 Å². The predicted octanol–water partition coefficient (Wildman–Crippen LogP) is 2.59. The number of hydrogen-bond donors (Lipinski definition) is 1. The first-order valence-corrected chi connectivity index (χ1v) is 7.78. The monoisotopic (exact) mass is 388 g/mol. The molecule has 0 aliphatic heterocycles. The molecule has 0 aliphatic rings. The fourth-order valence-corrected chi connectivity index (χ4v) is 1.95. The van der Waals surface area contributed by atoms with E-state index in [4.69, 9.17) is 29.9 Å². The highest BCUT2D eigenvalue weighted by Crippen LogP contribution is 2.32. The van der Waals surface area contributed by atoms with Gasteiger partial charge in [-0.25, -0.2) is 0 Å². The summed E-state index contributed by atoms with van der Waals surface area (Å²) in [6.45, 7) is 0.501. The van der Waals surface area contributed by atoms with Crippen LogP contribution in [0.4, 0.5) is 13.2 Å². The third kappa shape index (κ3) is 9.76. The van der Waals surface area contributed by atoms with Crippen LogP contribution in [-0.4, -0.2) is 39.1 Å². The van der Waals surface area contributed by atoms with Gasteiger partial charge in [0.15, 0.2) is 0 Å². The summed E-state index contributed by atoms with van der Waals surface area (Å²) < 4.78 is 59.0. The predicted molar refractivity (Wildman–Crippen MR) is 81.2 cm³/mol. The topological polar surface area (TPSA) is 80.7 Å². The number of carbonyl (C=O) groups excluding carboxylic acids is 1. The Hall–Kier alpha value is -1.29. The number of alkyl halides is 3. The van der Waals surface area contributed by atoms with Crippen molar-refractivity contribution in [1.29, 1.82) is 0 Å². The van der Waals surface area contributed by atoms with Crippen LogP contribution in [0, 0.1) is 0 Å². The average Bonchev–Trinajstić information content (AvgIpc) is 2.49. The van der Waals surface area contributed by atoms with E-state index in [0.29, 0.717) is 18.6 Å². The van der Waals surface area contributed by atoms with E-state index in [9.17, 15) is 18.0 Å². The first kappa shape index (κ1) is 22.7. The van der Waals surface area contributed by atoms with E-state index in [0.717, 1.165) is 12.1 Å². The first-order valence-electron chi connectivity index (χ1n) is 6.74. The number of halogens is 4. The van der Waals surface area contributed by atoms with E-state index < -0.39 is 23.3 Å². The van der Waals surface area contributed by atoms with Gasteiger partial charge >= 0.3 is 17.7 Å². The molecule has 0 amide bonds. The lowest BCUT2D eigenvalue weighted by Crippen LogP contribution is -2.08. The number of hydrogen-bond acceptors (Lipinski definition) is 5. The minimum absolute atomic E-state index is 0.00301. The normalized spacial score (nSPS) is 10.7. The van der Waals surface area contributed by atoms with Gasteiger partial charge in [0.05, 0.1) is 18.8 Å². The van der Waals surface area contributed by atoms with Gasteiger partial charge in [-0.3, -0.25) is 4.79 Å². The van der Waals surface area contributed by atoms with Gasteiger partial charge in [0.1, 0.15) is 5.78 Å². The van der Waals surface area contributed by atoms with Crippen molar-refractivity contribution in [3.8, 4) is 0 Å². The molecule has 10 heteroatoms. The summed E-state index contributed by atoms with van der Waals surface area (Å²) in [4.78, 5) is 11.7. The number of aliphatic hydroxyl groups excluding tert-OH is 1. The van der Waals surface area contributed by atoms with Crippen molar-refractivity contribution >= 4 is 29.0 Å². The zero-order valence-corrected chi connectivity index (χ0v) is 14.0. The number of ether oxygens (including phenoxy) is 1. The zero-order valence-electron chi connectivity index (χ0n) is 12.5. The standard InChI is InChI=1S/C14H16ClF3O3.O2S/c15-13-9-11(14(16,17)18)4-3-10(13)8-12(20)2-1-6-21-7-5-19;1-3-2/h3-4,9,19H,1-2,5-8H2;. The van der Waals surface area contributed by atoms with E-state index >= 15 is 0 Å². The molecular formula is C14H16ClF3O5S. The Balaban J connectivity index is 0.00000163. The highest BCUT2D eigenvalue weighted by molar-refractivity contribution is 7.51. The molecule has 24 heavy (non-hydrogen) atoms. The van der Waals surface area contributed by atoms with Crippen molar-refractivity contribution in [3.63, 3.8) is 0 Å². The molecule has 0 saturated heterocycles. The van der Waals surface area contributed by atoms with Gasteiger partial charge in [0.2, 0.25) is 0 Å². The van der Waals surface area contributed by atoms with Crippen LogP contribution in [0.1, 0.15) is 24.0 Å². The molecule has 136 valence electrons. The van der Waals surface area contributed by atoms with Gasteiger partial charge < -0.3 is 9.84 Å². The van der Waals surface area contributed by atoms with Crippen molar-refractivity contribution < 1.29 is 36.2 Å². The number of aliphatic hydroxyl groups is 1. The summed E-state index contributed by atoms with van der Waals surface area (Å²) in [5, 5.41) is 8.43. The van der Waals surface area contributed by atoms with E-state index in [1.165, 1.54) is 6.07 Å². The summed E-state index contributed by atoms with van der Waals surface area (Å²) >= 11 is 5.03. The number of Topliss-reactive ketones (excluding diaryl/α,β-unsaturated/α-hetero) is 1. The molecule has 0 radical (unpaired) electrons. The fraction of sp³-hybridized carbons (Fsp3) is 0.500. The maximum atomic E-state index is 12.5. The van der Waals surface area contributed by atoms with Gasteiger partial charge in [0.25, 0.3) is 0 Å². The molecule has 0 aromatic heterocycles. The second-order valence-electron chi connectivity index (χ2n) is 4.53.